The Morgan fingerprint density at radius 2 is 2.00 bits per heavy atom. The first-order valence-corrected chi connectivity index (χ1v) is 3.03. The van der Waals surface area contributed by atoms with Gasteiger partial charge in [0.1, 0.15) is 12.4 Å². The van der Waals surface area contributed by atoms with Crippen LogP contribution in [0, 0.1) is 6.61 Å². The van der Waals surface area contributed by atoms with Crippen molar-refractivity contribution < 1.29 is 9.13 Å². The molecule has 0 N–H and O–H groups in total. The molecule has 0 atom stereocenters. The predicted octanol–water partition coefficient (Wildman–Crippen LogP) is 2.20. The second-order valence-electron chi connectivity index (χ2n) is 1.75. The second-order valence-corrected chi connectivity index (χ2v) is 1.75. The van der Waals surface area contributed by atoms with Crippen LogP contribution in [0.4, 0.5) is 4.39 Å². The molecule has 1 rings (SSSR count). The average Bonchev–Trinajstić information content (AvgIpc) is 2.03. The summed E-state index contributed by atoms with van der Waals surface area (Å²) < 4.78 is 16.4. The van der Waals surface area contributed by atoms with Gasteiger partial charge in [-0.15, -0.1) is 0 Å². The van der Waals surface area contributed by atoms with E-state index in [-0.39, 0.29) is 0 Å². The van der Waals surface area contributed by atoms with E-state index >= 15 is 0 Å². The number of para-hydroxylation sites is 1. The van der Waals surface area contributed by atoms with Gasteiger partial charge >= 0.3 is 0 Å². The molecule has 0 aromatic heterocycles. The molecule has 0 spiro atoms. The van der Waals surface area contributed by atoms with E-state index in [4.69, 9.17) is 4.74 Å². The zero-order chi connectivity index (χ0) is 7.23. The lowest BCUT2D eigenvalue weighted by Gasteiger charge is -1.99. The summed E-state index contributed by atoms with van der Waals surface area (Å²) in [5.41, 5.74) is 0. The van der Waals surface area contributed by atoms with Gasteiger partial charge < -0.3 is 4.74 Å². The van der Waals surface area contributed by atoms with E-state index in [1.807, 2.05) is 18.2 Å². The lowest BCUT2D eigenvalue weighted by Crippen LogP contribution is -1.89. The zero-order valence-electron chi connectivity index (χ0n) is 5.46. The molecule has 1 nitrogen and oxygen atoms in total. The van der Waals surface area contributed by atoms with Crippen molar-refractivity contribution >= 4 is 0 Å². The topological polar surface area (TPSA) is 9.23 Å². The third kappa shape index (κ3) is 2.05. The highest BCUT2D eigenvalue weighted by Crippen LogP contribution is 2.08. The highest BCUT2D eigenvalue weighted by molar-refractivity contribution is 5.21. The number of rotatable bonds is 3. The Kier molecular flexibility index (Phi) is 2.74. The minimum absolute atomic E-state index is 0.561. The highest BCUT2D eigenvalue weighted by atomic mass is 19.1. The smallest absolute Gasteiger partial charge is 0.166 e. The van der Waals surface area contributed by atoms with Crippen LogP contribution in [0.1, 0.15) is 0 Å². The van der Waals surface area contributed by atoms with Crippen LogP contribution >= 0.6 is 0 Å². The van der Waals surface area contributed by atoms with Crippen molar-refractivity contribution in [2.75, 3.05) is 6.67 Å². The summed E-state index contributed by atoms with van der Waals surface area (Å²) in [6.07, 6.45) is 0. The van der Waals surface area contributed by atoms with Crippen LogP contribution in [-0.4, -0.2) is 6.67 Å². The lowest BCUT2D eigenvalue weighted by molar-refractivity contribution is 0.347. The molecule has 1 radical (unpaired) electrons. The van der Waals surface area contributed by atoms with Crippen LogP contribution in [0.3, 0.4) is 0 Å². The van der Waals surface area contributed by atoms with Crippen LogP contribution in [0.15, 0.2) is 30.3 Å². The van der Waals surface area contributed by atoms with Crippen molar-refractivity contribution in [2.45, 2.75) is 0 Å². The number of ether oxygens (including phenoxy) is 1. The van der Waals surface area contributed by atoms with E-state index in [2.05, 4.69) is 0 Å². The first-order chi connectivity index (χ1) is 4.93. The van der Waals surface area contributed by atoms with Crippen LogP contribution in [-0.2, 0) is 0 Å². The Balaban J connectivity index is 2.43. The number of halogens is 1. The number of benzene rings is 1. The van der Waals surface area contributed by atoms with Gasteiger partial charge in [-0.05, 0) is 12.1 Å². The Bertz CT molecular complexity index is 174. The van der Waals surface area contributed by atoms with Crippen LogP contribution in [0.25, 0.3) is 0 Å². The summed E-state index contributed by atoms with van der Waals surface area (Å²) in [7, 11) is 0. The molecule has 0 aliphatic carbocycles. The van der Waals surface area contributed by atoms with E-state index < -0.39 is 6.67 Å². The molecule has 0 fully saturated rings. The van der Waals surface area contributed by atoms with E-state index in [1.165, 1.54) is 0 Å². The summed E-state index contributed by atoms with van der Waals surface area (Å²) in [5.74, 6) is 0.667. The molecular weight excluding hydrogens is 131 g/mol. The monoisotopic (exact) mass is 139 g/mol. The second kappa shape index (κ2) is 3.88. The van der Waals surface area contributed by atoms with Gasteiger partial charge in [-0.3, -0.25) is 0 Å². The largest absolute Gasteiger partial charge is 0.484 e. The van der Waals surface area contributed by atoms with Crippen LogP contribution in [0.2, 0.25) is 0 Å². The average molecular weight is 139 g/mol. The fourth-order valence-corrected chi connectivity index (χ4v) is 0.627. The Morgan fingerprint density at radius 1 is 1.30 bits per heavy atom. The lowest BCUT2D eigenvalue weighted by atomic mass is 10.3. The van der Waals surface area contributed by atoms with E-state index in [0.717, 1.165) is 6.61 Å². The molecule has 0 saturated heterocycles. The summed E-state index contributed by atoms with van der Waals surface area (Å²) >= 11 is 0. The van der Waals surface area contributed by atoms with Gasteiger partial charge in [-0.2, -0.15) is 0 Å². The maximum Gasteiger partial charge on any atom is 0.166 e. The Morgan fingerprint density at radius 3 is 2.60 bits per heavy atom. The molecule has 0 amide bonds. The molecule has 10 heavy (non-hydrogen) atoms. The Hall–Kier alpha value is -1.05. The van der Waals surface area contributed by atoms with Gasteiger partial charge in [0, 0.05) is 0 Å². The number of hydrogen-bond acceptors (Lipinski definition) is 1. The SMILES string of the molecule is FC[CH]Oc1ccccc1. The standard InChI is InChI=1S/C8H8FO/c9-6-7-10-8-4-2-1-3-5-8/h1-5,7H,6H2. The predicted molar refractivity (Wildman–Crippen MR) is 37.3 cm³/mol. The number of hydrogen-bond donors (Lipinski definition) is 0. The number of alkyl halides is 1. The van der Waals surface area contributed by atoms with Crippen molar-refractivity contribution in [3.8, 4) is 5.75 Å². The van der Waals surface area contributed by atoms with Crippen molar-refractivity contribution in [1.82, 2.24) is 0 Å². The quantitative estimate of drug-likeness (QED) is 0.623. The highest BCUT2D eigenvalue weighted by Gasteiger charge is 1.88. The van der Waals surface area contributed by atoms with Crippen LogP contribution in [0.5, 0.6) is 5.75 Å². The molecule has 0 aliphatic heterocycles. The zero-order valence-corrected chi connectivity index (χ0v) is 5.46. The minimum Gasteiger partial charge on any atom is -0.484 e. The van der Waals surface area contributed by atoms with Gasteiger partial charge in [0.25, 0.3) is 0 Å². The van der Waals surface area contributed by atoms with Gasteiger partial charge in [0.15, 0.2) is 6.61 Å². The maximum absolute atomic E-state index is 11.5. The van der Waals surface area contributed by atoms with Crippen LogP contribution < -0.4 is 4.74 Å². The molecule has 53 valence electrons. The third-order valence-electron chi connectivity index (χ3n) is 1.03. The summed E-state index contributed by atoms with van der Waals surface area (Å²) in [6, 6.07) is 9.09. The third-order valence-corrected chi connectivity index (χ3v) is 1.03. The molecule has 0 unspecified atom stereocenters. The molecule has 0 saturated carbocycles. The van der Waals surface area contributed by atoms with Crippen molar-refractivity contribution in [1.29, 1.82) is 0 Å². The summed E-state index contributed by atoms with van der Waals surface area (Å²) in [5, 5.41) is 0. The van der Waals surface area contributed by atoms with Gasteiger partial charge in [0.2, 0.25) is 0 Å². The van der Waals surface area contributed by atoms with E-state index in [9.17, 15) is 4.39 Å². The molecule has 0 bridgehead atoms. The van der Waals surface area contributed by atoms with E-state index in [0.29, 0.717) is 5.75 Å². The maximum atomic E-state index is 11.5. The summed E-state index contributed by atoms with van der Waals surface area (Å²) in [6.45, 7) is 0.560. The van der Waals surface area contributed by atoms with Crippen molar-refractivity contribution in [3.05, 3.63) is 36.9 Å². The van der Waals surface area contributed by atoms with Gasteiger partial charge in [-0.1, -0.05) is 18.2 Å². The Labute approximate surface area is 59.4 Å². The molecule has 0 aliphatic rings. The molecule has 0 heterocycles. The van der Waals surface area contributed by atoms with Crippen molar-refractivity contribution in [2.24, 2.45) is 0 Å². The summed E-state index contributed by atoms with van der Waals surface area (Å²) in [4.78, 5) is 0. The van der Waals surface area contributed by atoms with E-state index in [1.54, 1.807) is 12.1 Å². The first kappa shape index (κ1) is 7.06. The normalized spacial score (nSPS) is 9.30. The minimum atomic E-state index is -0.561. The van der Waals surface area contributed by atoms with Gasteiger partial charge in [0.05, 0.1) is 0 Å². The van der Waals surface area contributed by atoms with Crippen molar-refractivity contribution in [3.63, 3.8) is 0 Å². The molecule has 1 aromatic rings. The fraction of sp³-hybridized carbons (Fsp3) is 0.125. The van der Waals surface area contributed by atoms with Gasteiger partial charge in [-0.25, -0.2) is 4.39 Å². The fourth-order valence-electron chi connectivity index (χ4n) is 0.627. The molecule has 1 aromatic carbocycles. The molecule has 2 heteroatoms. The molecular formula is C8H8FO. The first-order valence-electron chi connectivity index (χ1n) is 3.03.